The molecule has 0 fully saturated rings. The quantitative estimate of drug-likeness (QED) is 0.804. The van der Waals surface area contributed by atoms with Gasteiger partial charge in [0.25, 0.3) is 5.91 Å². The van der Waals surface area contributed by atoms with E-state index in [0.717, 1.165) is 0 Å². The Morgan fingerprint density at radius 1 is 1.47 bits per heavy atom. The molecular formula is C12H17FN2O2. The first-order valence-corrected chi connectivity index (χ1v) is 5.40. The van der Waals surface area contributed by atoms with Crippen LogP contribution in [0, 0.1) is 5.82 Å². The second kappa shape index (κ2) is 5.63. The third kappa shape index (κ3) is 3.71. The first-order valence-electron chi connectivity index (χ1n) is 5.40. The summed E-state index contributed by atoms with van der Waals surface area (Å²) in [5, 5.41) is 0. The van der Waals surface area contributed by atoms with Crippen molar-refractivity contribution in [3.8, 4) is 5.75 Å². The van der Waals surface area contributed by atoms with E-state index in [1.165, 1.54) is 13.0 Å². The molecular weight excluding hydrogens is 223 g/mol. The van der Waals surface area contributed by atoms with E-state index in [1.54, 1.807) is 12.1 Å². The molecule has 0 heterocycles. The smallest absolute Gasteiger partial charge is 0.258 e. The number of para-hydroxylation sites is 1. The van der Waals surface area contributed by atoms with Crippen molar-refractivity contribution < 1.29 is 13.9 Å². The van der Waals surface area contributed by atoms with Gasteiger partial charge in [0.15, 0.2) is 17.7 Å². The Balaban J connectivity index is 2.99. The van der Waals surface area contributed by atoms with Gasteiger partial charge in [-0.15, -0.1) is 0 Å². The summed E-state index contributed by atoms with van der Waals surface area (Å²) in [5.74, 6) is -1.10. The summed E-state index contributed by atoms with van der Waals surface area (Å²) in [6.07, 6.45) is -0.405. The molecule has 4 nitrogen and oxygen atoms in total. The van der Waals surface area contributed by atoms with Gasteiger partial charge in [0.2, 0.25) is 0 Å². The Morgan fingerprint density at radius 3 is 2.65 bits per heavy atom. The van der Waals surface area contributed by atoms with Crippen LogP contribution in [0.2, 0.25) is 0 Å². The average Bonchev–Trinajstić information content (AvgIpc) is 2.22. The Morgan fingerprint density at radius 2 is 2.12 bits per heavy atom. The molecule has 4 N–H and O–H groups in total. The fraction of sp³-hybridized carbons (Fsp3) is 0.417. The minimum atomic E-state index is -0.876. The van der Waals surface area contributed by atoms with Crippen LogP contribution in [0.3, 0.4) is 0 Å². The lowest BCUT2D eigenvalue weighted by atomic mass is 10.1. The van der Waals surface area contributed by atoms with Crippen LogP contribution < -0.4 is 16.2 Å². The van der Waals surface area contributed by atoms with Crippen LogP contribution in [0.25, 0.3) is 0 Å². The van der Waals surface area contributed by atoms with Gasteiger partial charge in [-0.2, -0.15) is 0 Å². The maximum Gasteiger partial charge on any atom is 0.258 e. The summed E-state index contributed by atoms with van der Waals surface area (Å²) in [7, 11) is 0. The number of halogens is 1. The van der Waals surface area contributed by atoms with Gasteiger partial charge < -0.3 is 16.2 Å². The number of ether oxygens (including phenoxy) is 1. The number of carbonyl (C=O) groups excluding carboxylic acids is 1. The molecule has 0 aliphatic heterocycles. The third-order valence-corrected chi connectivity index (χ3v) is 2.29. The number of hydrogen-bond donors (Lipinski definition) is 2. The highest BCUT2D eigenvalue weighted by atomic mass is 19.1. The van der Waals surface area contributed by atoms with Crippen LogP contribution in [-0.2, 0) is 11.2 Å². The molecule has 0 aliphatic carbocycles. The molecule has 2 unspecified atom stereocenters. The van der Waals surface area contributed by atoms with Crippen molar-refractivity contribution in [2.24, 2.45) is 11.5 Å². The molecule has 0 bridgehead atoms. The number of rotatable bonds is 5. The molecule has 0 aromatic heterocycles. The van der Waals surface area contributed by atoms with Gasteiger partial charge in [-0.25, -0.2) is 4.39 Å². The van der Waals surface area contributed by atoms with E-state index in [2.05, 4.69) is 0 Å². The molecule has 0 saturated carbocycles. The number of carbonyl (C=O) groups is 1. The first-order chi connectivity index (χ1) is 7.91. The topological polar surface area (TPSA) is 78.3 Å². The van der Waals surface area contributed by atoms with E-state index >= 15 is 0 Å². The minimum Gasteiger partial charge on any atom is -0.478 e. The number of amides is 1. The lowest BCUT2D eigenvalue weighted by molar-refractivity contribution is -0.124. The molecule has 1 rings (SSSR count). The number of hydrogen-bond acceptors (Lipinski definition) is 3. The van der Waals surface area contributed by atoms with Gasteiger partial charge in [0, 0.05) is 6.04 Å². The van der Waals surface area contributed by atoms with Crippen molar-refractivity contribution in [1.29, 1.82) is 0 Å². The zero-order valence-corrected chi connectivity index (χ0v) is 9.94. The monoisotopic (exact) mass is 240 g/mol. The zero-order chi connectivity index (χ0) is 13.0. The Labute approximate surface area is 99.7 Å². The van der Waals surface area contributed by atoms with Crippen molar-refractivity contribution in [3.63, 3.8) is 0 Å². The Kier molecular flexibility index (Phi) is 4.45. The summed E-state index contributed by atoms with van der Waals surface area (Å²) in [4.78, 5) is 10.9. The van der Waals surface area contributed by atoms with Crippen LogP contribution in [0.4, 0.5) is 4.39 Å². The maximum atomic E-state index is 13.6. The normalized spacial score (nSPS) is 14.1. The van der Waals surface area contributed by atoms with E-state index in [1.807, 2.05) is 6.92 Å². The molecule has 94 valence electrons. The van der Waals surface area contributed by atoms with E-state index < -0.39 is 17.8 Å². The predicted octanol–water partition coefficient (Wildman–Crippen LogP) is 0.968. The molecule has 17 heavy (non-hydrogen) atoms. The second-order valence-electron chi connectivity index (χ2n) is 4.07. The Hall–Kier alpha value is -1.62. The molecule has 0 aliphatic rings. The van der Waals surface area contributed by atoms with Crippen LogP contribution >= 0.6 is 0 Å². The molecule has 0 saturated heterocycles. The SMILES string of the molecule is CC(N)Cc1cccc(F)c1OC(C)C(N)=O. The largest absolute Gasteiger partial charge is 0.478 e. The summed E-state index contributed by atoms with van der Waals surface area (Å²) in [6, 6.07) is 4.45. The number of primary amides is 1. The maximum absolute atomic E-state index is 13.6. The highest BCUT2D eigenvalue weighted by Gasteiger charge is 2.17. The third-order valence-electron chi connectivity index (χ3n) is 2.29. The number of nitrogens with two attached hydrogens (primary N) is 2. The van der Waals surface area contributed by atoms with Gasteiger partial charge in [-0.1, -0.05) is 12.1 Å². The van der Waals surface area contributed by atoms with E-state index in [4.69, 9.17) is 16.2 Å². The molecule has 1 amide bonds. The van der Waals surface area contributed by atoms with Crippen molar-refractivity contribution in [1.82, 2.24) is 0 Å². The first kappa shape index (κ1) is 13.4. The molecule has 1 aromatic rings. The number of benzene rings is 1. The summed E-state index contributed by atoms with van der Waals surface area (Å²) < 4.78 is 18.8. The van der Waals surface area contributed by atoms with Gasteiger partial charge in [-0.3, -0.25) is 4.79 Å². The van der Waals surface area contributed by atoms with E-state index in [9.17, 15) is 9.18 Å². The molecule has 5 heteroatoms. The zero-order valence-electron chi connectivity index (χ0n) is 9.94. The van der Waals surface area contributed by atoms with Gasteiger partial charge in [0.05, 0.1) is 0 Å². The second-order valence-corrected chi connectivity index (χ2v) is 4.07. The predicted molar refractivity (Wildman–Crippen MR) is 63.0 cm³/mol. The van der Waals surface area contributed by atoms with Gasteiger partial charge in [-0.05, 0) is 31.9 Å². The van der Waals surface area contributed by atoms with Crippen molar-refractivity contribution >= 4 is 5.91 Å². The fourth-order valence-electron chi connectivity index (χ4n) is 1.43. The average molecular weight is 240 g/mol. The minimum absolute atomic E-state index is 0.0519. The lowest BCUT2D eigenvalue weighted by Crippen LogP contribution is -2.31. The fourth-order valence-corrected chi connectivity index (χ4v) is 1.43. The standard InChI is InChI=1S/C12H17FN2O2/c1-7(14)6-9-4-3-5-10(13)11(9)17-8(2)12(15)16/h3-5,7-8H,6,14H2,1-2H3,(H2,15,16). The lowest BCUT2D eigenvalue weighted by Gasteiger charge is -2.16. The van der Waals surface area contributed by atoms with Crippen LogP contribution in [0.5, 0.6) is 5.75 Å². The summed E-state index contributed by atoms with van der Waals surface area (Å²) >= 11 is 0. The Bertz CT molecular complexity index is 407. The van der Waals surface area contributed by atoms with Gasteiger partial charge in [0.1, 0.15) is 0 Å². The molecule has 1 aromatic carbocycles. The van der Waals surface area contributed by atoms with Crippen molar-refractivity contribution in [2.45, 2.75) is 32.4 Å². The van der Waals surface area contributed by atoms with Crippen LogP contribution in [0.15, 0.2) is 18.2 Å². The van der Waals surface area contributed by atoms with Crippen LogP contribution in [0.1, 0.15) is 19.4 Å². The summed E-state index contributed by atoms with van der Waals surface area (Å²) in [5.41, 5.74) is 11.4. The summed E-state index contributed by atoms with van der Waals surface area (Å²) in [6.45, 7) is 3.29. The van der Waals surface area contributed by atoms with Crippen LogP contribution in [-0.4, -0.2) is 18.1 Å². The van der Waals surface area contributed by atoms with Crippen molar-refractivity contribution in [3.05, 3.63) is 29.6 Å². The molecule has 0 spiro atoms. The highest BCUT2D eigenvalue weighted by Crippen LogP contribution is 2.24. The molecule has 0 radical (unpaired) electrons. The highest BCUT2D eigenvalue weighted by molar-refractivity contribution is 5.78. The van der Waals surface area contributed by atoms with Crippen molar-refractivity contribution in [2.75, 3.05) is 0 Å². The molecule has 2 atom stereocenters. The van der Waals surface area contributed by atoms with E-state index in [0.29, 0.717) is 12.0 Å². The van der Waals surface area contributed by atoms with Gasteiger partial charge >= 0.3 is 0 Å². The van der Waals surface area contributed by atoms with E-state index in [-0.39, 0.29) is 11.8 Å².